The van der Waals surface area contributed by atoms with Crippen molar-refractivity contribution in [1.29, 1.82) is 0 Å². The monoisotopic (exact) mass is 490 g/mol. The summed E-state index contributed by atoms with van der Waals surface area (Å²) in [7, 11) is 0. The zero-order valence-electron chi connectivity index (χ0n) is 20.1. The summed E-state index contributed by atoms with van der Waals surface area (Å²) >= 11 is 0.793. The van der Waals surface area contributed by atoms with Crippen LogP contribution in [0.2, 0.25) is 0 Å². The van der Waals surface area contributed by atoms with E-state index in [9.17, 15) is 14.4 Å². The number of carboxylic acids is 1. The van der Waals surface area contributed by atoms with Gasteiger partial charge in [0.25, 0.3) is 11.1 Å². The van der Waals surface area contributed by atoms with E-state index < -0.39 is 23.7 Å². The van der Waals surface area contributed by atoms with Crippen LogP contribution in [0.3, 0.4) is 0 Å². The van der Waals surface area contributed by atoms with Crippen LogP contribution < -0.4 is 0 Å². The summed E-state index contributed by atoms with van der Waals surface area (Å²) in [6.45, 7) is 3.43. The average Bonchev–Trinajstić information content (AvgIpc) is 3.22. The molecular weight excluding hydrogens is 460 g/mol. The number of thioether (sulfide) groups is 1. The van der Waals surface area contributed by atoms with Crippen LogP contribution in [0.5, 0.6) is 0 Å². The number of hydrogen-bond acceptors (Lipinski definition) is 4. The molecular formula is C28H30N2O4S. The Hall–Kier alpha value is -2.80. The molecule has 0 atom stereocenters. The van der Waals surface area contributed by atoms with E-state index in [1.165, 1.54) is 44.1 Å². The highest BCUT2D eigenvalue weighted by Gasteiger charge is 2.51. The van der Waals surface area contributed by atoms with E-state index in [4.69, 9.17) is 5.11 Å². The topological polar surface area (TPSA) is 79.6 Å². The third-order valence-corrected chi connectivity index (χ3v) is 9.61. The first-order valence-electron chi connectivity index (χ1n) is 12.5. The van der Waals surface area contributed by atoms with Gasteiger partial charge >= 0.3 is 5.97 Å². The first-order chi connectivity index (χ1) is 16.7. The second kappa shape index (κ2) is 8.12. The molecule has 4 aliphatic carbocycles. The predicted octanol–water partition coefficient (Wildman–Crippen LogP) is 5.68. The summed E-state index contributed by atoms with van der Waals surface area (Å²) in [6, 6.07) is 11.1. The molecule has 1 aromatic carbocycles. The molecule has 2 heterocycles. The molecule has 1 aromatic heterocycles. The van der Waals surface area contributed by atoms with Gasteiger partial charge < -0.3 is 9.67 Å². The van der Waals surface area contributed by atoms with Gasteiger partial charge in [0.2, 0.25) is 0 Å². The molecule has 1 N–H and O–H groups in total. The molecule has 2 amide bonds. The zero-order chi connectivity index (χ0) is 24.5. The molecule has 2 aromatic rings. The van der Waals surface area contributed by atoms with E-state index in [-0.39, 0.29) is 4.91 Å². The molecule has 5 fully saturated rings. The summed E-state index contributed by atoms with van der Waals surface area (Å²) in [6.07, 6.45) is 10.1. The van der Waals surface area contributed by atoms with Crippen LogP contribution in [0, 0.1) is 31.6 Å². The normalized spacial score (nSPS) is 30.6. The van der Waals surface area contributed by atoms with E-state index >= 15 is 0 Å². The summed E-state index contributed by atoms with van der Waals surface area (Å²) in [5.74, 6) is 0.996. The maximum absolute atomic E-state index is 12.6. The van der Waals surface area contributed by atoms with E-state index in [0.717, 1.165) is 57.1 Å². The molecule has 1 aliphatic heterocycles. The summed E-state index contributed by atoms with van der Waals surface area (Å²) in [5, 5.41) is 8.44. The molecule has 6 nitrogen and oxygen atoms in total. The van der Waals surface area contributed by atoms with Crippen molar-refractivity contribution in [2.45, 2.75) is 57.8 Å². The van der Waals surface area contributed by atoms with Crippen LogP contribution in [-0.2, 0) is 15.0 Å². The van der Waals surface area contributed by atoms with Crippen LogP contribution in [0.4, 0.5) is 4.79 Å². The molecule has 0 unspecified atom stereocenters. The van der Waals surface area contributed by atoms with Crippen LogP contribution >= 0.6 is 11.8 Å². The third kappa shape index (κ3) is 3.75. The van der Waals surface area contributed by atoms with Gasteiger partial charge in [0.05, 0.1) is 4.91 Å². The fourth-order valence-electron chi connectivity index (χ4n) is 7.67. The van der Waals surface area contributed by atoms with E-state index in [1.54, 1.807) is 6.08 Å². The first kappa shape index (κ1) is 22.7. The standard InChI is InChI=1S/C28H30N2O4S/c1-16-7-21(11-24-26(33)29(15-25(31)32)27(34)35-24)17(2)30(16)23-5-3-22(4-6-23)28-12-18-8-19(13-28)10-20(9-18)14-28/h3-7,11,18-20H,8-10,12-15H2,1-2H3,(H,31,32)/b24-11+. The fourth-order valence-corrected chi connectivity index (χ4v) is 8.50. The minimum Gasteiger partial charge on any atom is -0.480 e. The maximum atomic E-state index is 12.6. The molecule has 7 rings (SSSR count). The predicted molar refractivity (Wildman–Crippen MR) is 135 cm³/mol. The lowest BCUT2D eigenvalue weighted by atomic mass is 9.48. The Morgan fingerprint density at radius 3 is 2.23 bits per heavy atom. The Kier molecular flexibility index (Phi) is 5.25. The number of carboxylic acid groups (broad SMARTS) is 1. The largest absolute Gasteiger partial charge is 0.480 e. The molecule has 7 heteroatoms. The Labute approximate surface area is 209 Å². The number of aromatic nitrogens is 1. The van der Waals surface area contributed by atoms with Gasteiger partial charge in [-0.15, -0.1) is 0 Å². The Balaban J connectivity index is 1.27. The maximum Gasteiger partial charge on any atom is 0.323 e. The Morgan fingerprint density at radius 2 is 1.66 bits per heavy atom. The quantitative estimate of drug-likeness (QED) is 0.545. The lowest BCUT2D eigenvalue weighted by molar-refractivity contribution is -0.140. The van der Waals surface area contributed by atoms with Gasteiger partial charge in [-0.05, 0) is 123 Å². The molecule has 4 bridgehead atoms. The molecule has 182 valence electrons. The van der Waals surface area contributed by atoms with Gasteiger partial charge in [0.15, 0.2) is 0 Å². The number of benzene rings is 1. The lowest BCUT2D eigenvalue weighted by Gasteiger charge is -2.57. The van der Waals surface area contributed by atoms with Gasteiger partial charge in [0.1, 0.15) is 6.54 Å². The number of amides is 2. The average molecular weight is 491 g/mol. The second-order valence-electron chi connectivity index (χ2n) is 11.1. The van der Waals surface area contributed by atoms with E-state index in [2.05, 4.69) is 28.8 Å². The van der Waals surface area contributed by atoms with Gasteiger partial charge in [-0.3, -0.25) is 19.3 Å². The number of carbonyl (C=O) groups is 3. The fraction of sp³-hybridized carbons (Fsp3) is 0.464. The number of rotatable bonds is 5. The van der Waals surface area contributed by atoms with Crippen molar-refractivity contribution >= 4 is 35.0 Å². The van der Waals surface area contributed by atoms with E-state index in [1.807, 2.05) is 19.9 Å². The highest BCUT2D eigenvalue weighted by atomic mass is 32.2. The van der Waals surface area contributed by atoms with Gasteiger partial charge in [0, 0.05) is 17.1 Å². The van der Waals surface area contributed by atoms with Crippen molar-refractivity contribution in [3.63, 3.8) is 0 Å². The highest BCUT2D eigenvalue weighted by Crippen LogP contribution is 2.60. The lowest BCUT2D eigenvalue weighted by Crippen LogP contribution is -2.48. The van der Waals surface area contributed by atoms with E-state index in [0.29, 0.717) is 5.41 Å². The number of aryl methyl sites for hydroxylation is 1. The van der Waals surface area contributed by atoms with Crippen molar-refractivity contribution in [3.05, 3.63) is 57.8 Å². The Morgan fingerprint density at radius 1 is 1.06 bits per heavy atom. The molecule has 0 radical (unpaired) electrons. The number of carbonyl (C=O) groups excluding carboxylic acids is 2. The first-order valence-corrected chi connectivity index (χ1v) is 13.3. The molecule has 35 heavy (non-hydrogen) atoms. The van der Waals surface area contributed by atoms with Crippen molar-refractivity contribution in [3.8, 4) is 5.69 Å². The van der Waals surface area contributed by atoms with Crippen molar-refractivity contribution in [2.24, 2.45) is 17.8 Å². The van der Waals surface area contributed by atoms with Crippen LogP contribution in [0.1, 0.15) is 61.0 Å². The van der Waals surface area contributed by atoms with Gasteiger partial charge in [-0.2, -0.15) is 0 Å². The second-order valence-corrected chi connectivity index (χ2v) is 12.1. The summed E-state index contributed by atoms with van der Waals surface area (Å²) in [4.78, 5) is 36.7. The number of aliphatic carboxylic acids is 1. The molecule has 1 saturated heterocycles. The van der Waals surface area contributed by atoms with Crippen molar-refractivity contribution in [1.82, 2.24) is 9.47 Å². The number of hydrogen-bond donors (Lipinski definition) is 1. The van der Waals surface area contributed by atoms with Gasteiger partial charge in [-0.1, -0.05) is 12.1 Å². The van der Waals surface area contributed by atoms with Crippen LogP contribution in [0.25, 0.3) is 11.8 Å². The van der Waals surface area contributed by atoms with Crippen molar-refractivity contribution in [2.75, 3.05) is 6.54 Å². The third-order valence-electron chi connectivity index (χ3n) is 8.70. The minimum atomic E-state index is -1.20. The van der Waals surface area contributed by atoms with Gasteiger partial charge in [-0.25, -0.2) is 0 Å². The number of nitrogens with zero attached hydrogens (tertiary/aromatic N) is 2. The molecule has 4 saturated carbocycles. The molecule has 5 aliphatic rings. The minimum absolute atomic E-state index is 0.258. The van der Waals surface area contributed by atoms with Crippen LogP contribution in [-0.4, -0.2) is 38.2 Å². The SMILES string of the molecule is Cc1cc(/C=C2/SC(=O)N(CC(=O)O)C2=O)c(C)n1-c1ccc(C23CC4CC(CC(C4)C2)C3)cc1. The van der Waals surface area contributed by atoms with Crippen molar-refractivity contribution < 1.29 is 19.5 Å². The zero-order valence-corrected chi connectivity index (χ0v) is 20.9. The highest BCUT2D eigenvalue weighted by molar-refractivity contribution is 8.18. The summed E-state index contributed by atoms with van der Waals surface area (Å²) < 4.78 is 2.18. The summed E-state index contributed by atoms with van der Waals surface area (Å²) in [5.41, 5.74) is 5.84. The Bertz CT molecular complexity index is 1240. The molecule has 0 spiro atoms. The smallest absolute Gasteiger partial charge is 0.323 e. The van der Waals surface area contributed by atoms with Crippen LogP contribution in [0.15, 0.2) is 35.2 Å². The number of imide groups is 1.